The number of carboxylic acid groups (broad SMARTS) is 1. The molecule has 1 aromatic heterocycles. The molecule has 1 heterocycles. The molecule has 0 atom stereocenters. The Hall–Kier alpha value is -2.89. The van der Waals surface area contributed by atoms with Crippen LogP contribution < -0.4 is 10.9 Å². The first-order chi connectivity index (χ1) is 11.2. The molecule has 6 heteroatoms. The van der Waals surface area contributed by atoms with Crippen LogP contribution in [0.2, 0.25) is 0 Å². The number of nitrogens with one attached hydrogen (secondary N) is 1. The van der Waals surface area contributed by atoms with Crippen LogP contribution in [0, 0.1) is 6.92 Å². The fourth-order valence-corrected chi connectivity index (χ4v) is 2.30. The number of nitrogens with zero attached hydrogens (tertiary/aromatic N) is 1. The van der Waals surface area contributed by atoms with E-state index < -0.39 is 11.5 Å². The Morgan fingerprint density at radius 2 is 1.75 bits per heavy atom. The van der Waals surface area contributed by atoms with Crippen LogP contribution in [0.5, 0.6) is 0 Å². The van der Waals surface area contributed by atoms with E-state index in [-0.39, 0.29) is 23.6 Å². The van der Waals surface area contributed by atoms with Gasteiger partial charge >= 0.3 is 5.97 Å². The highest BCUT2D eigenvalue weighted by Gasteiger charge is 2.30. The van der Waals surface area contributed by atoms with Gasteiger partial charge in [-0.25, -0.2) is 4.79 Å². The first-order valence-corrected chi connectivity index (χ1v) is 7.52. The summed E-state index contributed by atoms with van der Waals surface area (Å²) in [6, 6.07) is 9.41. The Morgan fingerprint density at radius 3 is 2.33 bits per heavy atom. The second-order valence-corrected chi connectivity index (χ2v) is 6.16. The van der Waals surface area contributed by atoms with E-state index in [1.54, 1.807) is 38.2 Å². The molecule has 0 radical (unpaired) electrons. The molecule has 6 nitrogen and oxygen atoms in total. The summed E-state index contributed by atoms with van der Waals surface area (Å²) in [5.74, 6) is -1.29. The quantitative estimate of drug-likeness (QED) is 0.877. The predicted octanol–water partition coefficient (Wildman–Crippen LogP) is 1.91. The lowest BCUT2D eigenvalue weighted by Crippen LogP contribution is -2.48. The topological polar surface area (TPSA) is 88.4 Å². The molecule has 1 aromatic carbocycles. The smallest absolute Gasteiger partial charge is 0.335 e. The molecule has 2 aromatic rings. The van der Waals surface area contributed by atoms with Gasteiger partial charge in [-0.2, -0.15) is 0 Å². The van der Waals surface area contributed by atoms with E-state index in [0.717, 1.165) is 11.1 Å². The zero-order valence-electron chi connectivity index (χ0n) is 13.9. The summed E-state index contributed by atoms with van der Waals surface area (Å²) < 4.78 is 1.41. The highest BCUT2D eigenvalue weighted by Crippen LogP contribution is 2.14. The van der Waals surface area contributed by atoms with E-state index in [9.17, 15) is 14.4 Å². The number of pyridine rings is 1. The van der Waals surface area contributed by atoms with E-state index in [1.165, 1.54) is 22.8 Å². The van der Waals surface area contributed by atoms with Gasteiger partial charge in [-0.15, -0.1) is 0 Å². The third-order valence-electron chi connectivity index (χ3n) is 3.87. The lowest BCUT2D eigenvalue weighted by Gasteiger charge is -2.26. The summed E-state index contributed by atoms with van der Waals surface area (Å²) in [7, 11) is 0. The van der Waals surface area contributed by atoms with Gasteiger partial charge in [0.1, 0.15) is 5.54 Å². The van der Waals surface area contributed by atoms with Crippen molar-refractivity contribution in [3.8, 4) is 0 Å². The molecule has 0 aliphatic rings. The van der Waals surface area contributed by atoms with Crippen molar-refractivity contribution in [2.45, 2.75) is 32.9 Å². The normalized spacial score (nSPS) is 11.1. The van der Waals surface area contributed by atoms with Gasteiger partial charge in [0.05, 0.1) is 5.56 Å². The maximum atomic E-state index is 12.5. The number of aromatic carboxylic acids is 1. The highest BCUT2D eigenvalue weighted by molar-refractivity contribution is 5.87. The van der Waals surface area contributed by atoms with Crippen LogP contribution in [0.15, 0.2) is 47.4 Å². The maximum absolute atomic E-state index is 12.5. The van der Waals surface area contributed by atoms with Gasteiger partial charge in [-0.3, -0.25) is 9.59 Å². The average molecular weight is 328 g/mol. The third-order valence-corrected chi connectivity index (χ3v) is 3.87. The molecule has 0 aliphatic heterocycles. The molecule has 0 saturated heterocycles. The predicted molar refractivity (Wildman–Crippen MR) is 90.0 cm³/mol. The maximum Gasteiger partial charge on any atom is 0.335 e. The summed E-state index contributed by atoms with van der Waals surface area (Å²) in [4.78, 5) is 35.4. The van der Waals surface area contributed by atoms with Crippen LogP contribution in [0.3, 0.4) is 0 Å². The van der Waals surface area contributed by atoms with Gasteiger partial charge in [-0.1, -0.05) is 18.2 Å². The number of benzene rings is 1. The van der Waals surface area contributed by atoms with Crippen molar-refractivity contribution in [1.82, 2.24) is 9.88 Å². The lowest BCUT2D eigenvalue weighted by molar-refractivity contribution is -0.128. The Morgan fingerprint density at radius 1 is 1.12 bits per heavy atom. The summed E-state index contributed by atoms with van der Waals surface area (Å²) in [5.41, 5.74) is 0.577. The van der Waals surface area contributed by atoms with E-state index in [1.807, 2.05) is 6.92 Å². The van der Waals surface area contributed by atoms with Crippen LogP contribution >= 0.6 is 0 Å². The average Bonchev–Trinajstić information content (AvgIpc) is 2.55. The van der Waals surface area contributed by atoms with Crippen molar-refractivity contribution in [2.75, 3.05) is 0 Å². The standard InChI is InChI=1S/C18H20N2O4/c1-12-4-9-15(21)20(11-12)18(2,3)17(24)19-10-13-5-7-14(8-6-13)16(22)23/h4-9,11H,10H2,1-3H3,(H,19,24)(H,22,23). The van der Waals surface area contributed by atoms with Crippen molar-refractivity contribution < 1.29 is 14.7 Å². The minimum Gasteiger partial charge on any atom is -0.478 e. The molecule has 126 valence electrons. The number of hydrogen-bond donors (Lipinski definition) is 2. The molecular weight excluding hydrogens is 308 g/mol. The minimum absolute atomic E-state index is 0.191. The minimum atomic E-state index is -1.04. The number of amides is 1. The van der Waals surface area contributed by atoms with Crippen molar-refractivity contribution in [2.24, 2.45) is 0 Å². The fourth-order valence-electron chi connectivity index (χ4n) is 2.30. The monoisotopic (exact) mass is 328 g/mol. The van der Waals surface area contributed by atoms with E-state index in [0.29, 0.717) is 0 Å². The molecule has 2 N–H and O–H groups in total. The summed E-state index contributed by atoms with van der Waals surface area (Å²) in [5, 5.41) is 11.7. The SMILES string of the molecule is Cc1ccc(=O)n(C(C)(C)C(=O)NCc2ccc(C(=O)O)cc2)c1. The fraction of sp³-hybridized carbons (Fsp3) is 0.278. The first-order valence-electron chi connectivity index (χ1n) is 7.52. The molecule has 24 heavy (non-hydrogen) atoms. The molecule has 0 bridgehead atoms. The van der Waals surface area contributed by atoms with Crippen molar-refractivity contribution in [3.05, 3.63) is 69.6 Å². The van der Waals surface area contributed by atoms with Gasteiger partial charge in [0, 0.05) is 18.8 Å². The summed E-state index contributed by atoms with van der Waals surface area (Å²) in [6.45, 7) is 5.46. The molecule has 0 saturated carbocycles. The number of rotatable bonds is 5. The second-order valence-electron chi connectivity index (χ2n) is 6.16. The summed E-state index contributed by atoms with van der Waals surface area (Å²) in [6.07, 6.45) is 1.66. The van der Waals surface area contributed by atoms with Crippen molar-refractivity contribution in [1.29, 1.82) is 0 Å². The Balaban J connectivity index is 2.12. The van der Waals surface area contributed by atoms with Crippen LogP contribution in [0.1, 0.15) is 35.3 Å². The van der Waals surface area contributed by atoms with E-state index in [4.69, 9.17) is 5.11 Å². The van der Waals surface area contributed by atoms with Gasteiger partial charge in [0.15, 0.2) is 0 Å². The van der Waals surface area contributed by atoms with Crippen molar-refractivity contribution >= 4 is 11.9 Å². The number of carbonyl (C=O) groups is 2. The lowest BCUT2D eigenvalue weighted by atomic mass is 10.0. The first kappa shape index (κ1) is 17.5. The molecule has 2 rings (SSSR count). The van der Waals surface area contributed by atoms with Gasteiger partial charge in [0.2, 0.25) is 5.91 Å². The van der Waals surface area contributed by atoms with Crippen LogP contribution in [-0.4, -0.2) is 21.6 Å². The molecule has 0 unspecified atom stereocenters. The second kappa shape index (κ2) is 6.70. The van der Waals surface area contributed by atoms with Crippen molar-refractivity contribution in [3.63, 3.8) is 0 Å². The molecule has 0 aliphatic carbocycles. The molecule has 0 fully saturated rings. The van der Waals surface area contributed by atoms with Crippen LogP contribution in [0.4, 0.5) is 0 Å². The number of carbonyl (C=O) groups excluding carboxylic acids is 1. The van der Waals surface area contributed by atoms with Gasteiger partial charge in [-0.05, 0) is 44.0 Å². The molecule has 1 amide bonds. The summed E-state index contributed by atoms with van der Waals surface area (Å²) >= 11 is 0. The largest absolute Gasteiger partial charge is 0.478 e. The van der Waals surface area contributed by atoms with E-state index in [2.05, 4.69) is 5.32 Å². The van der Waals surface area contributed by atoms with Crippen LogP contribution in [-0.2, 0) is 16.9 Å². The zero-order chi connectivity index (χ0) is 17.9. The highest BCUT2D eigenvalue weighted by atomic mass is 16.4. The van der Waals surface area contributed by atoms with Gasteiger partial charge in [0.25, 0.3) is 5.56 Å². The molecular formula is C18H20N2O4. The Bertz CT molecular complexity index is 820. The van der Waals surface area contributed by atoms with Crippen LogP contribution in [0.25, 0.3) is 0 Å². The third kappa shape index (κ3) is 3.71. The number of hydrogen-bond acceptors (Lipinski definition) is 3. The molecule has 0 spiro atoms. The Kier molecular flexibility index (Phi) is 4.87. The Labute approximate surface area is 139 Å². The number of aromatic nitrogens is 1. The number of aryl methyl sites for hydroxylation is 1. The zero-order valence-corrected chi connectivity index (χ0v) is 13.9. The van der Waals surface area contributed by atoms with Gasteiger partial charge < -0.3 is 15.0 Å². The van der Waals surface area contributed by atoms with E-state index >= 15 is 0 Å². The number of carboxylic acids is 1.